The Morgan fingerprint density at radius 3 is 1.61 bits per heavy atom. The van der Waals surface area contributed by atoms with Crippen LogP contribution in [-0.4, -0.2) is 205 Å². The second kappa shape index (κ2) is 45.5. The van der Waals surface area contributed by atoms with E-state index in [1.165, 1.54) is 17.0 Å². The van der Waals surface area contributed by atoms with E-state index in [1.807, 2.05) is 0 Å². The molecule has 10 atom stereocenters. The van der Waals surface area contributed by atoms with Gasteiger partial charge in [-0.25, -0.2) is 4.79 Å². The highest BCUT2D eigenvalue weighted by Crippen LogP contribution is 2.22. The molecule has 0 radical (unpaired) electrons. The number of carbonyl (C=O) groups excluding carboxylic acids is 10. The van der Waals surface area contributed by atoms with Crippen LogP contribution < -0.4 is 93.3 Å². The number of aliphatic imine (C=N–C) groups is 3. The number of phenolic OH excluding ortho intramolecular Hbond substituents is 1. The Bertz CT molecular complexity index is 3090. The average molecular weight is 1400 g/mol. The minimum Gasteiger partial charge on any atom is -0.508 e. The number of carboxylic acid groups (broad SMARTS) is 1. The molecule has 0 spiro atoms. The van der Waals surface area contributed by atoms with Crippen LogP contribution in [0.25, 0.3) is 0 Å². The number of hydrogen-bond acceptors (Lipinski definition) is 17. The minimum atomic E-state index is -1.44. The van der Waals surface area contributed by atoms with E-state index in [1.54, 1.807) is 76.2 Å². The molecule has 1 aliphatic rings. The maximum Gasteiger partial charge on any atom is 0.326 e. The van der Waals surface area contributed by atoms with Crippen molar-refractivity contribution in [3.63, 3.8) is 0 Å². The number of nitrogens with one attached hydrogen (secondary N) is 10. The first-order chi connectivity index (χ1) is 47.6. The standard InChI is InChI=1S/C66H107N21O13/c1-6-29-74-48(35-42-24-26-43(88)27-25-42)55(91)79-37-52(89)78-38-53(90)80-50(36-41-17-9-8-10-18-41)59(95)85-49(34-39(3)4)58(94)82-44(20-13-30-75-64(68)69)56(92)81-45(21-14-31-76-65(70)71)57(93)86-54(40(5)7-2)61(97)83-46(22-15-32-77-66(72)73)62(98)87-33-16-23-51(87)60(96)84-47(63(99)100)19-11-12-28-67/h6,8-10,17-18,24-27,39-40,44-51,54,74,88H,1,7,11-16,19-23,28-38,67H2,2-5H3,(H,78,89)(H,79,91)(H,80,90)(H,81,92)(H,82,94)(H,83,97)(H,84,96)(H,85,95)(H,86,93)(H,99,100)(H4,68,69,75)(H4,70,71,76)(H4,72,73,77)/t40?,44-,45-,46-,47-,48-,49-,50-,51+,54-/m0/s1. The summed E-state index contributed by atoms with van der Waals surface area (Å²) in [4.78, 5) is 167. The summed E-state index contributed by atoms with van der Waals surface area (Å²) in [6, 6.07) is 3.58. The van der Waals surface area contributed by atoms with Crippen LogP contribution in [0.2, 0.25) is 0 Å². The molecule has 34 heteroatoms. The number of likely N-dealkylation sites (tertiary alicyclic amines) is 1. The van der Waals surface area contributed by atoms with Crippen LogP contribution >= 0.6 is 0 Å². The van der Waals surface area contributed by atoms with Crippen molar-refractivity contribution in [3.05, 3.63) is 78.4 Å². The molecule has 0 aromatic heterocycles. The van der Waals surface area contributed by atoms with Crippen LogP contribution in [-0.2, 0) is 65.6 Å². The maximum atomic E-state index is 14.8. The molecule has 10 amide bonds. The molecule has 2 aromatic rings. The van der Waals surface area contributed by atoms with Crippen molar-refractivity contribution in [1.29, 1.82) is 0 Å². The Kier molecular flexibility index (Phi) is 38.2. The van der Waals surface area contributed by atoms with Crippen LogP contribution in [0.3, 0.4) is 0 Å². The van der Waals surface area contributed by atoms with Gasteiger partial charge in [0.25, 0.3) is 0 Å². The number of nitrogens with zero attached hydrogens (tertiary/aromatic N) is 4. The zero-order valence-electron chi connectivity index (χ0n) is 57.8. The lowest BCUT2D eigenvalue weighted by molar-refractivity contribution is -0.145. The number of rotatable bonds is 47. The van der Waals surface area contributed by atoms with E-state index in [2.05, 4.69) is 74.7 Å². The molecule has 0 saturated carbocycles. The smallest absolute Gasteiger partial charge is 0.326 e. The number of aliphatic carboxylic acids is 1. The van der Waals surface area contributed by atoms with Gasteiger partial charge in [0.2, 0.25) is 59.1 Å². The minimum absolute atomic E-state index is 0.00143. The fourth-order valence-corrected chi connectivity index (χ4v) is 10.8. The quantitative estimate of drug-likeness (QED) is 0.0132. The van der Waals surface area contributed by atoms with E-state index < -0.39 is 138 Å². The van der Waals surface area contributed by atoms with Gasteiger partial charge in [-0.1, -0.05) is 82.7 Å². The lowest BCUT2D eigenvalue weighted by Gasteiger charge is -2.32. The summed E-state index contributed by atoms with van der Waals surface area (Å²) in [5, 5.41) is 46.6. The number of carboxylic acids is 1. The van der Waals surface area contributed by atoms with Gasteiger partial charge in [0, 0.05) is 39.1 Å². The van der Waals surface area contributed by atoms with Gasteiger partial charge in [0.05, 0.1) is 19.1 Å². The van der Waals surface area contributed by atoms with E-state index in [0.717, 1.165) is 5.56 Å². The normalized spacial score (nSPS) is 15.2. The second-order valence-corrected chi connectivity index (χ2v) is 24.9. The van der Waals surface area contributed by atoms with Crippen molar-refractivity contribution < 1.29 is 63.0 Å². The number of carbonyl (C=O) groups is 11. The van der Waals surface area contributed by atoms with Crippen molar-refractivity contribution in [2.45, 2.75) is 178 Å². The molecule has 1 saturated heterocycles. The summed E-state index contributed by atoms with van der Waals surface area (Å²) in [5.74, 6) is -10.4. The van der Waals surface area contributed by atoms with Gasteiger partial charge in [0.1, 0.15) is 54.1 Å². The predicted octanol–water partition coefficient (Wildman–Crippen LogP) is -3.59. The third kappa shape index (κ3) is 32.0. The summed E-state index contributed by atoms with van der Waals surface area (Å²) < 4.78 is 0. The number of unbranched alkanes of at least 4 members (excludes halogenated alkanes) is 1. The number of nitrogens with two attached hydrogens (primary N) is 7. The van der Waals surface area contributed by atoms with Gasteiger partial charge in [-0.15, -0.1) is 6.58 Å². The summed E-state index contributed by atoms with van der Waals surface area (Å²) in [7, 11) is 0. The summed E-state index contributed by atoms with van der Waals surface area (Å²) in [6.07, 6.45) is 3.77. The molecule has 26 N–H and O–H groups in total. The number of aromatic hydroxyl groups is 1. The van der Waals surface area contributed by atoms with Gasteiger partial charge in [0.15, 0.2) is 17.9 Å². The van der Waals surface area contributed by atoms with E-state index >= 15 is 0 Å². The van der Waals surface area contributed by atoms with Crippen LogP contribution in [0.1, 0.15) is 122 Å². The highest BCUT2D eigenvalue weighted by Gasteiger charge is 2.41. The van der Waals surface area contributed by atoms with E-state index in [9.17, 15) is 63.0 Å². The van der Waals surface area contributed by atoms with Crippen molar-refractivity contribution in [3.8, 4) is 5.75 Å². The lowest BCUT2D eigenvalue weighted by Crippen LogP contribution is -2.61. The first kappa shape index (κ1) is 84.1. The highest BCUT2D eigenvalue weighted by atomic mass is 16.4. The second-order valence-electron chi connectivity index (χ2n) is 24.9. The monoisotopic (exact) mass is 1400 g/mol. The molecule has 1 heterocycles. The molecule has 1 fully saturated rings. The molecular weight excluding hydrogens is 1290 g/mol. The fraction of sp³-hybridized carbons (Fsp3) is 0.576. The van der Waals surface area contributed by atoms with E-state index in [0.29, 0.717) is 37.8 Å². The zero-order chi connectivity index (χ0) is 74.3. The van der Waals surface area contributed by atoms with E-state index in [-0.39, 0.29) is 133 Å². The molecule has 34 nitrogen and oxygen atoms in total. The van der Waals surface area contributed by atoms with Crippen LogP contribution in [0, 0.1) is 11.8 Å². The van der Waals surface area contributed by atoms with E-state index in [4.69, 9.17) is 40.1 Å². The van der Waals surface area contributed by atoms with Gasteiger partial charge >= 0.3 is 5.97 Å². The third-order valence-corrected chi connectivity index (χ3v) is 16.3. The van der Waals surface area contributed by atoms with Gasteiger partial charge in [-0.3, -0.25) is 62.9 Å². The van der Waals surface area contributed by atoms with Crippen molar-refractivity contribution in [1.82, 2.24) is 58.1 Å². The van der Waals surface area contributed by atoms with Gasteiger partial charge < -0.3 is 108 Å². The lowest BCUT2D eigenvalue weighted by atomic mass is 9.96. The Labute approximate surface area is 583 Å². The SMILES string of the molecule is C=CCN[C@@H](Cc1ccc(O)cc1)C(=O)NCC(=O)NCC(=O)N[C@@H](Cc1ccccc1)C(=O)N[C@@H](CC(C)C)C(=O)N[C@@H](CCCN=C(N)N)C(=O)N[C@@H](CCCN=C(N)N)C(=O)N[C@H](C(=O)N[C@@H](CCCN=C(N)N)C(=O)N1CCC[C@@H]1C(=O)N[C@@H](CCCCN)C(=O)O)C(C)CC. The van der Waals surface area contributed by atoms with Crippen LogP contribution in [0.5, 0.6) is 5.75 Å². The molecular formula is C66H107N21O13. The van der Waals surface area contributed by atoms with Crippen molar-refractivity contribution >= 4 is 82.9 Å². The summed E-state index contributed by atoms with van der Waals surface area (Å²) >= 11 is 0. The van der Waals surface area contributed by atoms with Crippen molar-refractivity contribution in [2.75, 3.05) is 52.4 Å². The topological polar surface area (TPSA) is 571 Å². The number of hydrogen-bond donors (Lipinski definition) is 19. The molecule has 100 heavy (non-hydrogen) atoms. The molecule has 2 aromatic carbocycles. The molecule has 1 aliphatic heterocycles. The third-order valence-electron chi connectivity index (χ3n) is 16.3. The summed E-state index contributed by atoms with van der Waals surface area (Å²) in [5.41, 5.74) is 40.6. The van der Waals surface area contributed by atoms with Crippen molar-refractivity contribution in [2.24, 2.45) is 66.9 Å². The number of guanidine groups is 3. The Balaban J connectivity index is 1.93. The number of benzene rings is 2. The largest absolute Gasteiger partial charge is 0.508 e. The molecule has 3 rings (SSSR count). The Morgan fingerprint density at radius 1 is 0.570 bits per heavy atom. The number of amides is 10. The maximum absolute atomic E-state index is 14.8. The zero-order valence-corrected chi connectivity index (χ0v) is 57.8. The first-order valence-corrected chi connectivity index (χ1v) is 33.8. The van der Waals surface area contributed by atoms with Crippen LogP contribution in [0.4, 0.5) is 0 Å². The predicted molar refractivity (Wildman–Crippen MR) is 377 cm³/mol. The average Bonchev–Trinajstić information content (AvgIpc) is 1.63. The fourth-order valence-electron chi connectivity index (χ4n) is 10.8. The first-order valence-electron chi connectivity index (χ1n) is 33.8. The highest BCUT2D eigenvalue weighted by molar-refractivity contribution is 5.99. The number of phenols is 1. The molecule has 554 valence electrons. The molecule has 1 unspecified atom stereocenters. The van der Waals surface area contributed by atoms with Gasteiger partial charge in [-0.05, 0) is 125 Å². The van der Waals surface area contributed by atoms with Gasteiger partial charge in [-0.2, -0.15) is 0 Å². The Hall–Kier alpha value is -10.1. The van der Waals surface area contributed by atoms with Crippen LogP contribution in [0.15, 0.2) is 82.2 Å². The Morgan fingerprint density at radius 2 is 1.07 bits per heavy atom. The summed E-state index contributed by atoms with van der Waals surface area (Å²) in [6.45, 7) is 10.3. The molecule has 0 bridgehead atoms. The molecule has 0 aliphatic carbocycles.